The molecule has 3 aromatic carbocycles. The first kappa shape index (κ1) is 17.8. The third-order valence-corrected chi connectivity index (χ3v) is 5.21. The molecule has 0 fully saturated rings. The van der Waals surface area contributed by atoms with Crippen molar-refractivity contribution in [2.24, 2.45) is 0 Å². The lowest BCUT2D eigenvalue weighted by Gasteiger charge is -2.19. The summed E-state index contributed by atoms with van der Waals surface area (Å²) in [6.07, 6.45) is 0. The average molecular weight is 342 g/mol. The largest absolute Gasteiger partial charge is 0.289 e. The second-order valence-electron chi connectivity index (χ2n) is 6.64. The molecule has 0 saturated heterocycles. The molecule has 2 heteroatoms. The summed E-state index contributed by atoms with van der Waals surface area (Å²) >= 11 is 0. The van der Waals surface area contributed by atoms with Crippen molar-refractivity contribution in [2.75, 3.05) is 0 Å². The maximum Gasteiger partial charge on any atom is 0.194 e. The molecule has 0 atom stereocenters. The maximum absolute atomic E-state index is 13.3. The standard InChI is InChI=1S/C24H22O2/c1-15-16(2)18(4)22(24(26)20-13-9-6-10-14-20)21(17(15)3)23(25)19-11-7-5-8-12-19/h5-14H,1-4H3. The molecule has 0 radical (unpaired) electrons. The third kappa shape index (κ3) is 2.99. The minimum absolute atomic E-state index is 0.103. The normalized spacial score (nSPS) is 10.6. The predicted octanol–water partition coefficient (Wildman–Crippen LogP) is 5.38. The highest BCUT2D eigenvalue weighted by Crippen LogP contribution is 2.30. The summed E-state index contributed by atoms with van der Waals surface area (Å²) in [4.78, 5) is 26.6. The van der Waals surface area contributed by atoms with E-state index >= 15 is 0 Å². The highest BCUT2D eigenvalue weighted by Gasteiger charge is 2.26. The van der Waals surface area contributed by atoms with Crippen molar-refractivity contribution in [3.63, 3.8) is 0 Å². The molecule has 0 amide bonds. The predicted molar refractivity (Wildman–Crippen MR) is 105 cm³/mol. The molecule has 0 aromatic heterocycles. The van der Waals surface area contributed by atoms with Gasteiger partial charge in [-0.15, -0.1) is 0 Å². The van der Waals surface area contributed by atoms with Crippen LogP contribution in [0, 0.1) is 27.7 Å². The monoisotopic (exact) mass is 342 g/mol. The van der Waals surface area contributed by atoms with Crippen LogP contribution in [-0.4, -0.2) is 11.6 Å². The van der Waals surface area contributed by atoms with Gasteiger partial charge in [-0.3, -0.25) is 9.59 Å². The van der Waals surface area contributed by atoms with Crippen molar-refractivity contribution in [1.82, 2.24) is 0 Å². The molecule has 26 heavy (non-hydrogen) atoms. The number of rotatable bonds is 4. The summed E-state index contributed by atoms with van der Waals surface area (Å²) in [5, 5.41) is 0. The van der Waals surface area contributed by atoms with E-state index in [4.69, 9.17) is 0 Å². The van der Waals surface area contributed by atoms with E-state index in [1.165, 1.54) is 0 Å². The highest BCUT2D eigenvalue weighted by atomic mass is 16.1. The van der Waals surface area contributed by atoms with Crippen molar-refractivity contribution in [1.29, 1.82) is 0 Å². The molecular weight excluding hydrogens is 320 g/mol. The van der Waals surface area contributed by atoms with Gasteiger partial charge in [0.1, 0.15) is 0 Å². The van der Waals surface area contributed by atoms with E-state index in [1.54, 1.807) is 24.3 Å². The fraction of sp³-hybridized carbons (Fsp3) is 0.167. The Morgan fingerprint density at radius 2 is 0.808 bits per heavy atom. The summed E-state index contributed by atoms with van der Waals surface area (Å²) in [5.74, 6) is -0.206. The van der Waals surface area contributed by atoms with Crippen LogP contribution in [0.15, 0.2) is 60.7 Å². The minimum atomic E-state index is -0.103. The van der Waals surface area contributed by atoms with Gasteiger partial charge in [-0.1, -0.05) is 60.7 Å². The van der Waals surface area contributed by atoms with Gasteiger partial charge in [0.05, 0.1) is 0 Å². The number of carbonyl (C=O) groups excluding carboxylic acids is 2. The van der Waals surface area contributed by atoms with Crippen LogP contribution >= 0.6 is 0 Å². The van der Waals surface area contributed by atoms with E-state index in [9.17, 15) is 9.59 Å². The van der Waals surface area contributed by atoms with Gasteiger partial charge in [0.15, 0.2) is 11.6 Å². The van der Waals surface area contributed by atoms with Crippen molar-refractivity contribution in [2.45, 2.75) is 27.7 Å². The van der Waals surface area contributed by atoms with E-state index in [-0.39, 0.29) is 11.6 Å². The summed E-state index contributed by atoms with van der Waals surface area (Å²) in [7, 11) is 0. The highest BCUT2D eigenvalue weighted by molar-refractivity contribution is 6.21. The molecule has 2 nitrogen and oxygen atoms in total. The van der Waals surface area contributed by atoms with Gasteiger partial charge in [-0.25, -0.2) is 0 Å². The zero-order valence-corrected chi connectivity index (χ0v) is 15.6. The average Bonchev–Trinajstić information content (AvgIpc) is 2.69. The van der Waals surface area contributed by atoms with E-state index in [2.05, 4.69) is 0 Å². The number of ketones is 2. The van der Waals surface area contributed by atoms with E-state index in [0.29, 0.717) is 22.3 Å². The minimum Gasteiger partial charge on any atom is -0.289 e. The van der Waals surface area contributed by atoms with Crippen LogP contribution in [-0.2, 0) is 0 Å². The van der Waals surface area contributed by atoms with E-state index in [1.807, 2.05) is 64.1 Å². The Bertz CT molecular complexity index is 901. The van der Waals surface area contributed by atoms with Crippen molar-refractivity contribution >= 4 is 11.6 Å². The Morgan fingerprint density at radius 1 is 0.500 bits per heavy atom. The molecule has 0 unspecified atom stereocenters. The fourth-order valence-corrected chi connectivity index (χ4v) is 3.35. The van der Waals surface area contributed by atoms with E-state index in [0.717, 1.165) is 22.3 Å². The molecule has 0 N–H and O–H groups in total. The number of hydrogen-bond donors (Lipinski definition) is 0. The van der Waals surface area contributed by atoms with Gasteiger partial charge in [0, 0.05) is 22.3 Å². The molecule has 0 spiro atoms. The van der Waals surface area contributed by atoms with Crippen LogP contribution in [0.1, 0.15) is 54.1 Å². The van der Waals surface area contributed by atoms with Crippen LogP contribution in [0.5, 0.6) is 0 Å². The van der Waals surface area contributed by atoms with Crippen molar-refractivity contribution < 1.29 is 9.59 Å². The number of hydrogen-bond acceptors (Lipinski definition) is 2. The summed E-state index contributed by atoms with van der Waals surface area (Å²) in [5.41, 5.74) is 6.11. The Kier molecular flexibility index (Phi) is 4.85. The lowest BCUT2D eigenvalue weighted by atomic mass is 9.82. The molecule has 0 aliphatic rings. The van der Waals surface area contributed by atoms with Crippen LogP contribution in [0.2, 0.25) is 0 Å². The van der Waals surface area contributed by atoms with Gasteiger partial charge in [0.2, 0.25) is 0 Å². The lowest BCUT2D eigenvalue weighted by molar-refractivity contribution is 0.100. The van der Waals surface area contributed by atoms with Crippen LogP contribution in [0.4, 0.5) is 0 Å². The molecule has 130 valence electrons. The zero-order chi connectivity index (χ0) is 18.8. The maximum atomic E-state index is 13.3. The van der Waals surface area contributed by atoms with Crippen molar-refractivity contribution in [3.05, 3.63) is 105 Å². The number of carbonyl (C=O) groups is 2. The van der Waals surface area contributed by atoms with Gasteiger partial charge in [-0.2, -0.15) is 0 Å². The fourth-order valence-electron chi connectivity index (χ4n) is 3.35. The molecule has 0 heterocycles. The zero-order valence-electron chi connectivity index (χ0n) is 15.6. The summed E-state index contributed by atoms with van der Waals surface area (Å²) in [6, 6.07) is 18.3. The second kappa shape index (κ2) is 7.09. The van der Waals surface area contributed by atoms with Gasteiger partial charge in [-0.05, 0) is 49.9 Å². The smallest absolute Gasteiger partial charge is 0.194 e. The quantitative estimate of drug-likeness (QED) is 0.596. The van der Waals surface area contributed by atoms with Crippen molar-refractivity contribution in [3.8, 4) is 0 Å². The lowest BCUT2D eigenvalue weighted by Crippen LogP contribution is -2.17. The first-order chi connectivity index (χ1) is 12.4. The van der Waals surface area contributed by atoms with Crippen LogP contribution in [0.3, 0.4) is 0 Å². The Labute approximate surface area is 154 Å². The first-order valence-electron chi connectivity index (χ1n) is 8.73. The third-order valence-electron chi connectivity index (χ3n) is 5.21. The van der Waals surface area contributed by atoms with Crippen LogP contribution < -0.4 is 0 Å². The summed E-state index contributed by atoms with van der Waals surface area (Å²) < 4.78 is 0. The van der Waals surface area contributed by atoms with E-state index < -0.39 is 0 Å². The Hall–Kier alpha value is -3.00. The molecule has 0 aliphatic carbocycles. The molecule has 3 aromatic rings. The SMILES string of the molecule is Cc1c(C)c(C)c(C(=O)c2ccccc2)c(C(=O)c2ccccc2)c1C. The Balaban J connectivity index is 2.30. The number of benzene rings is 3. The van der Waals surface area contributed by atoms with Gasteiger partial charge >= 0.3 is 0 Å². The van der Waals surface area contributed by atoms with Gasteiger partial charge < -0.3 is 0 Å². The van der Waals surface area contributed by atoms with Crippen LogP contribution in [0.25, 0.3) is 0 Å². The Morgan fingerprint density at radius 3 is 1.12 bits per heavy atom. The first-order valence-corrected chi connectivity index (χ1v) is 8.73. The second-order valence-corrected chi connectivity index (χ2v) is 6.64. The molecule has 0 saturated carbocycles. The molecule has 0 bridgehead atoms. The molecule has 0 aliphatic heterocycles. The molecular formula is C24H22O2. The van der Waals surface area contributed by atoms with Gasteiger partial charge in [0.25, 0.3) is 0 Å². The molecule has 3 rings (SSSR count). The summed E-state index contributed by atoms with van der Waals surface area (Å²) in [6.45, 7) is 7.88. The topological polar surface area (TPSA) is 34.1 Å².